The molecule has 1 heterocycles. The first-order valence-corrected chi connectivity index (χ1v) is 14.8. The fourth-order valence-electron chi connectivity index (χ4n) is 3.22. The molecule has 10 nitrogen and oxygen atoms in total. The second-order valence-corrected chi connectivity index (χ2v) is 16.0. The van der Waals surface area contributed by atoms with Crippen molar-refractivity contribution in [2.24, 2.45) is 0 Å². The summed E-state index contributed by atoms with van der Waals surface area (Å²) >= 11 is 0. The number of hydrogen-bond donors (Lipinski definition) is 2. The minimum Gasteiger partial charge on any atom is -0.465 e. The van der Waals surface area contributed by atoms with Crippen LogP contribution in [0.3, 0.4) is 0 Å². The lowest BCUT2D eigenvalue weighted by molar-refractivity contribution is -0.135. The molecule has 1 fully saturated rings. The van der Waals surface area contributed by atoms with Gasteiger partial charge >= 0.3 is 18.1 Å². The van der Waals surface area contributed by atoms with E-state index in [-0.39, 0.29) is 18.8 Å². The number of methoxy groups -OCH3 is 1. The quantitative estimate of drug-likeness (QED) is 0.235. The molecular formula is C23H35N3O7Si. The molecule has 1 aromatic carbocycles. The fourth-order valence-corrected chi connectivity index (χ4v) is 3.98. The maximum absolute atomic E-state index is 13.5. The number of amides is 4. The molecule has 11 heteroatoms. The van der Waals surface area contributed by atoms with Crippen LogP contribution in [0.1, 0.15) is 36.7 Å². The molecule has 1 aliphatic rings. The van der Waals surface area contributed by atoms with Crippen LogP contribution in [-0.2, 0) is 24.5 Å². The Morgan fingerprint density at radius 1 is 1.12 bits per heavy atom. The second-order valence-electron chi connectivity index (χ2n) is 10.3. The Hall–Kier alpha value is -2.92. The molecule has 1 saturated heterocycles. The summed E-state index contributed by atoms with van der Waals surface area (Å²) in [6.45, 7) is 11.7. The maximum Gasteiger partial charge on any atom is 0.407 e. The van der Waals surface area contributed by atoms with Gasteiger partial charge in [-0.2, -0.15) is 0 Å². The number of nitrogens with one attached hydrogen (secondary N) is 2. The molecule has 0 aromatic heterocycles. The Morgan fingerprint density at radius 3 is 2.26 bits per heavy atom. The third-order valence-corrected chi connectivity index (χ3v) is 6.79. The van der Waals surface area contributed by atoms with Gasteiger partial charge in [0.15, 0.2) is 5.54 Å². The highest BCUT2D eigenvalue weighted by Gasteiger charge is 2.53. The molecule has 0 bridgehead atoms. The zero-order chi connectivity index (χ0) is 25.7. The van der Waals surface area contributed by atoms with Crippen LogP contribution in [0.25, 0.3) is 0 Å². The van der Waals surface area contributed by atoms with E-state index in [9.17, 15) is 19.2 Å². The average Bonchev–Trinajstić information content (AvgIpc) is 2.97. The van der Waals surface area contributed by atoms with E-state index >= 15 is 0 Å². The van der Waals surface area contributed by atoms with Crippen molar-refractivity contribution in [1.82, 2.24) is 15.5 Å². The third kappa shape index (κ3) is 7.04. The van der Waals surface area contributed by atoms with Crippen molar-refractivity contribution in [3.8, 4) is 0 Å². The maximum atomic E-state index is 13.5. The highest BCUT2D eigenvalue weighted by Crippen LogP contribution is 2.29. The van der Waals surface area contributed by atoms with Gasteiger partial charge in [-0.3, -0.25) is 4.79 Å². The standard InChI is InChI=1S/C23H35N3O7Si/c1-22(2,3)33-21(30)24-14-23(17-10-8-16(9-11-17)18(27)31-4)19(28)26(20(29)25-23)15-32-12-13-34(5,6)7/h8-11H,12-15H2,1-7H3,(H,24,30)(H,25,29)/t23-/m0/s1. The Balaban J connectivity index is 2.28. The van der Waals surface area contributed by atoms with Gasteiger partial charge in [-0.15, -0.1) is 0 Å². The zero-order valence-electron chi connectivity index (χ0n) is 20.9. The van der Waals surface area contributed by atoms with Crippen molar-refractivity contribution in [3.05, 3.63) is 35.4 Å². The van der Waals surface area contributed by atoms with E-state index in [0.29, 0.717) is 12.2 Å². The first-order valence-electron chi connectivity index (χ1n) is 11.1. The number of carbonyl (C=O) groups is 4. The van der Waals surface area contributed by atoms with Gasteiger partial charge in [-0.05, 0) is 44.5 Å². The van der Waals surface area contributed by atoms with Crippen molar-refractivity contribution in [3.63, 3.8) is 0 Å². The molecule has 1 aromatic rings. The summed E-state index contributed by atoms with van der Waals surface area (Å²) in [6.07, 6.45) is -0.732. The van der Waals surface area contributed by atoms with E-state index in [0.717, 1.165) is 10.9 Å². The molecule has 0 saturated carbocycles. The molecule has 2 rings (SSSR count). The summed E-state index contributed by atoms with van der Waals surface area (Å²) < 4.78 is 15.6. The predicted molar refractivity (Wildman–Crippen MR) is 128 cm³/mol. The van der Waals surface area contributed by atoms with Crippen molar-refractivity contribution < 1.29 is 33.4 Å². The Bertz CT molecular complexity index is 922. The number of alkyl carbamates (subject to hydrolysis) is 1. The highest BCUT2D eigenvalue weighted by molar-refractivity contribution is 6.76. The third-order valence-electron chi connectivity index (χ3n) is 5.09. The minimum atomic E-state index is -1.59. The van der Waals surface area contributed by atoms with E-state index in [1.807, 2.05) is 0 Å². The van der Waals surface area contributed by atoms with E-state index in [1.54, 1.807) is 20.8 Å². The lowest BCUT2D eigenvalue weighted by atomic mass is 9.89. The number of ether oxygens (including phenoxy) is 3. The van der Waals surface area contributed by atoms with Crippen LogP contribution in [0.4, 0.5) is 9.59 Å². The molecular weight excluding hydrogens is 458 g/mol. The van der Waals surface area contributed by atoms with Crippen LogP contribution in [-0.4, -0.2) is 69.6 Å². The molecule has 0 unspecified atom stereocenters. The topological polar surface area (TPSA) is 123 Å². The van der Waals surface area contributed by atoms with Crippen LogP contribution in [0, 0.1) is 0 Å². The lowest BCUT2D eigenvalue weighted by Crippen LogP contribution is -2.53. The SMILES string of the molecule is COC(=O)c1ccc([C@]2(CNC(=O)OC(C)(C)C)NC(=O)N(COCC[Si](C)(C)C)C2=O)cc1. The van der Waals surface area contributed by atoms with Gasteiger partial charge < -0.3 is 24.8 Å². The molecule has 0 radical (unpaired) electrons. The van der Waals surface area contributed by atoms with Gasteiger partial charge in [0, 0.05) is 14.7 Å². The van der Waals surface area contributed by atoms with E-state index in [4.69, 9.17) is 14.2 Å². The van der Waals surface area contributed by atoms with E-state index < -0.39 is 43.2 Å². The van der Waals surface area contributed by atoms with Crippen LogP contribution in [0.15, 0.2) is 24.3 Å². The number of benzene rings is 1. The summed E-state index contributed by atoms with van der Waals surface area (Å²) in [7, 11) is -0.0730. The van der Waals surface area contributed by atoms with Gasteiger partial charge in [0.1, 0.15) is 12.3 Å². The second kappa shape index (κ2) is 10.6. The number of hydrogen-bond acceptors (Lipinski definition) is 7. The molecule has 2 N–H and O–H groups in total. The predicted octanol–water partition coefficient (Wildman–Crippen LogP) is 3.06. The lowest BCUT2D eigenvalue weighted by Gasteiger charge is -2.28. The van der Waals surface area contributed by atoms with Crippen LogP contribution in [0.2, 0.25) is 25.7 Å². The molecule has 1 aliphatic heterocycles. The normalized spacial score (nSPS) is 18.5. The van der Waals surface area contributed by atoms with Gasteiger partial charge in [-0.25, -0.2) is 19.3 Å². The summed E-state index contributed by atoms with van der Waals surface area (Å²) in [5.41, 5.74) is -1.66. The summed E-state index contributed by atoms with van der Waals surface area (Å²) in [5.74, 6) is -1.11. The summed E-state index contributed by atoms with van der Waals surface area (Å²) in [6, 6.07) is 6.30. The van der Waals surface area contributed by atoms with Crippen molar-refractivity contribution in [1.29, 1.82) is 0 Å². The molecule has 1 atom stereocenters. The minimum absolute atomic E-state index is 0.205. The number of nitrogens with zero attached hydrogens (tertiary/aromatic N) is 1. The Morgan fingerprint density at radius 2 is 1.74 bits per heavy atom. The first-order chi connectivity index (χ1) is 15.7. The van der Waals surface area contributed by atoms with Crippen molar-refractivity contribution in [2.45, 2.75) is 57.6 Å². The summed E-state index contributed by atoms with van der Waals surface area (Å²) in [4.78, 5) is 51.3. The monoisotopic (exact) mass is 493 g/mol. The largest absolute Gasteiger partial charge is 0.465 e. The number of rotatable bonds is 9. The number of esters is 1. The van der Waals surface area contributed by atoms with Crippen molar-refractivity contribution >= 4 is 32.1 Å². The summed E-state index contributed by atoms with van der Waals surface area (Å²) in [5, 5.41) is 5.28. The van der Waals surface area contributed by atoms with E-state index in [2.05, 4.69) is 30.3 Å². The van der Waals surface area contributed by atoms with Crippen LogP contribution < -0.4 is 10.6 Å². The zero-order valence-corrected chi connectivity index (χ0v) is 21.9. The van der Waals surface area contributed by atoms with Gasteiger partial charge in [-0.1, -0.05) is 31.8 Å². The van der Waals surface area contributed by atoms with Crippen LogP contribution in [0.5, 0.6) is 0 Å². The number of imide groups is 1. The van der Waals surface area contributed by atoms with Gasteiger partial charge in [0.05, 0.1) is 19.2 Å². The number of carbonyl (C=O) groups excluding carboxylic acids is 4. The van der Waals surface area contributed by atoms with E-state index in [1.165, 1.54) is 31.4 Å². The smallest absolute Gasteiger partial charge is 0.407 e. The molecule has 188 valence electrons. The highest BCUT2D eigenvalue weighted by atomic mass is 28.3. The first kappa shape index (κ1) is 27.3. The molecule has 34 heavy (non-hydrogen) atoms. The van der Waals surface area contributed by atoms with Gasteiger partial charge in [0.25, 0.3) is 5.91 Å². The number of urea groups is 1. The Kier molecular flexibility index (Phi) is 8.48. The molecule has 4 amide bonds. The fraction of sp³-hybridized carbons (Fsp3) is 0.565. The average molecular weight is 494 g/mol. The molecule has 0 aliphatic carbocycles. The van der Waals surface area contributed by atoms with Crippen molar-refractivity contribution in [2.75, 3.05) is 27.0 Å². The molecule has 0 spiro atoms. The van der Waals surface area contributed by atoms with Crippen LogP contribution >= 0.6 is 0 Å². The Labute approximate surface area is 201 Å². The van der Waals surface area contributed by atoms with Gasteiger partial charge in [0.2, 0.25) is 0 Å².